The van der Waals surface area contributed by atoms with E-state index in [1.165, 1.54) is 23.8 Å². The second-order valence-corrected chi connectivity index (χ2v) is 5.34. The Bertz CT molecular complexity index is 531. The van der Waals surface area contributed by atoms with Crippen molar-refractivity contribution in [1.82, 2.24) is 4.72 Å². The number of halogens is 3. The molecule has 0 saturated heterocycles. The van der Waals surface area contributed by atoms with Crippen LogP contribution in [0.5, 0.6) is 0 Å². The van der Waals surface area contributed by atoms with Gasteiger partial charge in [-0.1, -0.05) is 12.1 Å². The molecule has 0 fully saturated rings. The summed E-state index contributed by atoms with van der Waals surface area (Å²) in [6, 6.07) is 6.04. The van der Waals surface area contributed by atoms with E-state index in [-0.39, 0.29) is 17.9 Å². The number of alkyl halides is 3. The molecule has 0 unspecified atom stereocenters. The fourth-order valence-electron chi connectivity index (χ4n) is 1.44. The Morgan fingerprint density at radius 1 is 1.32 bits per heavy atom. The van der Waals surface area contributed by atoms with Gasteiger partial charge in [0.05, 0.1) is 11.4 Å². The zero-order valence-electron chi connectivity index (χ0n) is 10.1. The van der Waals surface area contributed by atoms with Gasteiger partial charge in [-0.2, -0.15) is 26.3 Å². The molecule has 0 aliphatic carbocycles. The smallest absolute Gasteiger partial charge is 0.397 e. The molecule has 0 spiro atoms. The van der Waals surface area contributed by atoms with E-state index in [0.29, 0.717) is 0 Å². The minimum Gasteiger partial charge on any atom is -0.397 e. The third-order valence-corrected chi connectivity index (χ3v) is 3.78. The first kappa shape index (κ1) is 15.6. The van der Waals surface area contributed by atoms with Crippen LogP contribution in [0, 0.1) is 0 Å². The molecule has 0 aromatic heterocycles. The van der Waals surface area contributed by atoms with Gasteiger partial charge in [0.2, 0.25) is 0 Å². The first-order valence-corrected chi connectivity index (χ1v) is 6.80. The van der Waals surface area contributed by atoms with Crippen LogP contribution in [-0.4, -0.2) is 27.7 Å². The molecule has 0 heterocycles. The Morgan fingerprint density at radius 3 is 2.37 bits per heavy atom. The summed E-state index contributed by atoms with van der Waals surface area (Å²) in [4.78, 5) is 0. The second kappa shape index (κ2) is 5.66. The van der Waals surface area contributed by atoms with Gasteiger partial charge in [0.15, 0.2) is 0 Å². The van der Waals surface area contributed by atoms with Gasteiger partial charge < -0.3 is 5.73 Å². The Labute approximate surface area is 109 Å². The molecule has 0 bridgehead atoms. The van der Waals surface area contributed by atoms with E-state index in [2.05, 4.69) is 0 Å². The third kappa shape index (κ3) is 4.28. The van der Waals surface area contributed by atoms with Crippen LogP contribution in [0.4, 0.5) is 24.5 Å². The fourth-order valence-corrected chi connectivity index (χ4v) is 2.70. The Balaban J connectivity index is 3.00. The van der Waals surface area contributed by atoms with E-state index >= 15 is 0 Å². The molecule has 1 rings (SSSR count). The monoisotopic (exact) mass is 297 g/mol. The molecule has 0 aliphatic heterocycles. The number of hydrogen-bond donors (Lipinski definition) is 2. The van der Waals surface area contributed by atoms with Gasteiger partial charge in [0.1, 0.15) is 6.54 Å². The lowest BCUT2D eigenvalue weighted by atomic mass is 10.3. The van der Waals surface area contributed by atoms with Gasteiger partial charge in [-0.15, -0.1) is 0 Å². The van der Waals surface area contributed by atoms with Crippen LogP contribution in [0.3, 0.4) is 0 Å². The lowest BCUT2D eigenvalue weighted by molar-refractivity contribution is -0.121. The molecule has 9 heteroatoms. The summed E-state index contributed by atoms with van der Waals surface area (Å²) in [5.41, 5.74) is 5.93. The van der Waals surface area contributed by atoms with Crippen LogP contribution in [0.25, 0.3) is 0 Å². The van der Waals surface area contributed by atoms with E-state index < -0.39 is 22.9 Å². The van der Waals surface area contributed by atoms with Gasteiger partial charge in [-0.25, -0.2) is 0 Å². The van der Waals surface area contributed by atoms with E-state index in [0.717, 1.165) is 4.31 Å². The molecule has 1 aromatic rings. The first-order chi connectivity index (χ1) is 8.67. The molecular weight excluding hydrogens is 283 g/mol. The Kier molecular flexibility index (Phi) is 4.64. The SMILES string of the molecule is CCN(c1ccccc1N)S(=O)(=O)NCC(F)(F)F. The molecular formula is C10H14F3N3O2S. The molecule has 1 aromatic carbocycles. The largest absolute Gasteiger partial charge is 0.402 e. The van der Waals surface area contributed by atoms with E-state index in [1.54, 1.807) is 12.1 Å². The van der Waals surface area contributed by atoms with Crippen molar-refractivity contribution in [1.29, 1.82) is 0 Å². The maximum absolute atomic E-state index is 12.1. The maximum atomic E-state index is 12.1. The van der Waals surface area contributed by atoms with Gasteiger partial charge >= 0.3 is 16.4 Å². The zero-order chi connectivity index (χ0) is 14.7. The van der Waals surface area contributed by atoms with Gasteiger partial charge in [-0.3, -0.25) is 4.31 Å². The highest BCUT2D eigenvalue weighted by atomic mass is 32.2. The van der Waals surface area contributed by atoms with Crippen molar-refractivity contribution in [3.8, 4) is 0 Å². The Morgan fingerprint density at radius 2 is 1.89 bits per heavy atom. The number of nitrogen functional groups attached to an aromatic ring is 1. The van der Waals surface area contributed by atoms with Crippen molar-refractivity contribution >= 4 is 21.6 Å². The first-order valence-electron chi connectivity index (χ1n) is 5.36. The van der Waals surface area contributed by atoms with Crippen LogP contribution in [0.2, 0.25) is 0 Å². The third-order valence-electron chi connectivity index (χ3n) is 2.24. The van der Waals surface area contributed by atoms with Crippen molar-refractivity contribution in [3.05, 3.63) is 24.3 Å². The normalized spacial score (nSPS) is 12.4. The van der Waals surface area contributed by atoms with E-state index in [9.17, 15) is 21.6 Å². The predicted octanol–water partition coefficient (Wildman–Crippen LogP) is 1.49. The van der Waals surface area contributed by atoms with Crippen molar-refractivity contribution in [2.45, 2.75) is 13.1 Å². The van der Waals surface area contributed by atoms with Crippen molar-refractivity contribution < 1.29 is 21.6 Å². The summed E-state index contributed by atoms with van der Waals surface area (Å²) >= 11 is 0. The summed E-state index contributed by atoms with van der Waals surface area (Å²) in [7, 11) is -4.30. The van der Waals surface area contributed by atoms with Gasteiger partial charge in [-0.05, 0) is 19.1 Å². The molecule has 5 nitrogen and oxygen atoms in total. The minimum absolute atomic E-state index is 0.0403. The van der Waals surface area contributed by atoms with Crippen molar-refractivity contribution in [2.24, 2.45) is 0 Å². The molecule has 108 valence electrons. The van der Waals surface area contributed by atoms with Crippen LogP contribution in [-0.2, 0) is 10.2 Å². The molecule has 0 atom stereocenters. The minimum atomic E-state index is -4.62. The number of nitrogens with one attached hydrogen (secondary N) is 1. The molecule has 0 saturated carbocycles. The zero-order valence-corrected chi connectivity index (χ0v) is 10.9. The van der Waals surface area contributed by atoms with E-state index in [1.807, 2.05) is 0 Å². The van der Waals surface area contributed by atoms with Crippen LogP contribution in [0.1, 0.15) is 6.92 Å². The quantitative estimate of drug-likeness (QED) is 0.809. The fraction of sp³-hybridized carbons (Fsp3) is 0.400. The van der Waals surface area contributed by atoms with Crippen molar-refractivity contribution in [2.75, 3.05) is 23.1 Å². The highest BCUT2D eigenvalue weighted by Gasteiger charge is 2.32. The summed E-state index contributed by atoms with van der Waals surface area (Å²) in [5.74, 6) is 0. The van der Waals surface area contributed by atoms with Crippen molar-refractivity contribution in [3.63, 3.8) is 0 Å². The molecule has 19 heavy (non-hydrogen) atoms. The van der Waals surface area contributed by atoms with E-state index in [4.69, 9.17) is 5.73 Å². The summed E-state index contributed by atoms with van der Waals surface area (Å²) < 4.78 is 62.1. The number of hydrogen-bond acceptors (Lipinski definition) is 3. The van der Waals surface area contributed by atoms with Crippen LogP contribution in [0.15, 0.2) is 24.3 Å². The molecule has 0 amide bonds. The topological polar surface area (TPSA) is 75.4 Å². The summed E-state index contributed by atoms with van der Waals surface area (Å²) in [6.07, 6.45) is -4.62. The lowest BCUT2D eigenvalue weighted by Gasteiger charge is -2.24. The number of nitrogens with two attached hydrogens (primary N) is 1. The number of rotatable bonds is 5. The standard InChI is InChI=1S/C10H14F3N3O2S/c1-2-16(9-6-4-3-5-8(9)14)19(17,18)15-7-10(11,12)13/h3-6,15H,2,7,14H2,1H3. The predicted molar refractivity (Wildman–Crippen MR) is 66.9 cm³/mol. The number of para-hydroxylation sites is 2. The average Bonchev–Trinajstić information content (AvgIpc) is 2.29. The summed E-state index contributed by atoms with van der Waals surface area (Å²) in [5, 5.41) is 0. The van der Waals surface area contributed by atoms with Gasteiger partial charge in [0.25, 0.3) is 0 Å². The molecule has 0 radical (unpaired) electrons. The molecule has 0 aliphatic rings. The Hall–Kier alpha value is -1.48. The number of nitrogens with zero attached hydrogens (tertiary/aromatic N) is 1. The average molecular weight is 297 g/mol. The highest BCUT2D eigenvalue weighted by Crippen LogP contribution is 2.24. The second-order valence-electron chi connectivity index (χ2n) is 3.66. The number of benzene rings is 1. The maximum Gasteiger partial charge on any atom is 0.402 e. The number of anilines is 2. The molecule has 3 N–H and O–H groups in total. The van der Waals surface area contributed by atoms with Crippen LogP contribution >= 0.6 is 0 Å². The van der Waals surface area contributed by atoms with Gasteiger partial charge in [0, 0.05) is 6.54 Å². The highest BCUT2D eigenvalue weighted by molar-refractivity contribution is 7.90. The summed E-state index contributed by atoms with van der Waals surface area (Å²) in [6.45, 7) is -0.167. The lowest BCUT2D eigenvalue weighted by Crippen LogP contribution is -2.44. The van der Waals surface area contributed by atoms with Crippen LogP contribution < -0.4 is 14.8 Å².